The number of carbonyl (C=O) groups is 3. The highest BCUT2D eigenvalue weighted by Gasteiger charge is 2.54. The SMILES string of the molecule is CON=C(C(=O)NC1C(=O)N2C(C(=O)O)=C(C[n+]3ccc4sccc4c3)CS[C@@H]12)c1csc(N)n1. The Morgan fingerprint density at radius 1 is 1.40 bits per heavy atom. The molecule has 5 rings (SSSR count). The molecular formula is C21H19N6O5S3+. The summed E-state index contributed by atoms with van der Waals surface area (Å²) in [5.74, 6) is -1.95. The average Bonchev–Trinajstić information content (AvgIpc) is 3.48. The van der Waals surface area contributed by atoms with Gasteiger partial charge in [-0.05, 0) is 11.4 Å². The predicted octanol–water partition coefficient (Wildman–Crippen LogP) is 1.02. The van der Waals surface area contributed by atoms with Gasteiger partial charge >= 0.3 is 5.97 Å². The maximum absolute atomic E-state index is 13.0. The summed E-state index contributed by atoms with van der Waals surface area (Å²) in [7, 11) is 1.29. The summed E-state index contributed by atoms with van der Waals surface area (Å²) in [6.45, 7) is 0.337. The van der Waals surface area contributed by atoms with Crippen molar-refractivity contribution < 1.29 is 28.9 Å². The largest absolute Gasteiger partial charge is 0.477 e. The van der Waals surface area contributed by atoms with Gasteiger partial charge in [-0.2, -0.15) is 0 Å². The molecular weight excluding hydrogens is 512 g/mol. The minimum atomic E-state index is -1.18. The summed E-state index contributed by atoms with van der Waals surface area (Å²) in [5, 5.41) is 20.6. The second-order valence-corrected chi connectivity index (χ2v) is 10.6. The molecule has 180 valence electrons. The Hall–Kier alpha value is -3.49. The predicted molar refractivity (Wildman–Crippen MR) is 132 cm³/mol. The van der Waals surface area contributed by atoms with Gasteiger partial charge in [0, 0.05) is 27.5 Å². The van der Waals surface area contributed by atoms with Gasteiger partial charge in [0.1, 0.15) is 29.9 Å². The van der Waals surface area contributed by atoms with Crippen molar-refractivity contribution in [3.8, 4) is 0 Å². The number of carboxylic acids is 1. The van der Waals surface area contributed by atoms with Crippen LogP contribution in [0.1, 0.15) is 5.69 Å². The number of nitrogens with one attached hydrogen (secondary N) is 1. The van der Waals surface area contributed by atoms with E-state index in [0.717, 1.165) is 21.4 Å². The second kappa shape index (κ2) is 9.28. The van der Waals surface area contributed by atoms with Crippen LogP contribution in [0, 0.1) is 0 Å². The Kier molecular flexibility index (Phi) is 6.17. The molecule has 0 aliphatic carbocycles. The molecule has 0 saturated carbocycles. The summed E-state index contributed by atoms with van der Waals surface area (Å²) in [4.78, 5) is 48.1. The standard InChI is InChI=1S/C21H18N6O5S3/c1-32-25-14(12-9-35-21(22)23-12)17(28)24-15-18(29)27-16(20(30)31)11(8-34-19(15)27)7-26-4-2-13-10(6-26)3-5-33-13/h2-6,9,15,19H,7-8H2,1H3,(H3-,22,23,24,28,30,31)/p+1/t15?,19-/m0/s1. The van der Waals surface area contributed by atoms with E-state index in [0.29, 0.717) is 17.9 Å². The lowest BCUT2D eigenvalue weighted by molar-refractivity contribution is -0.687. The number of hydrogen-bond acceptors (Lipinski definition) is 10. The number of nitrogen functional groups attached to an aromatic ring is 1. The summed E-state index contributed by atoms with van der Waals surface area (Å²) in [6.07, 6.45) is 3.85. The molecule has 1 unspecified atom stereocenters. The maximum atomic E-state index is 13.0. The number of nitrogens with two attached hydrogens (primary N) is 1. The number of hydrogen-bond donors (Lipinski definition) is 3. The molecule has 1 saturated heterocycles. The van der Waals surface area contributed by atoms with Gasteiger partial charge < -0.3 is 21.0 Å². The van der Waals surface area contributed by atoms with Crippen LogP contribution >= 0.6 is 34.4 Å². The molecule has 0 aromatic carbocycles. The van der Waals surface area contributed by atoms with Gasteiger partial charge in [0.05, 0.1) is 5.39 Å². The number of rotatable bonds is 7. The highest BCUT2D eigenvalue weighted by atomic mass is 32.2. The molecule has 14 heteroatoms. The Morgan fingerprint density at radius 2 is 2.23 bits per heavy atom. The number of oxime groups is 1. The van der Waals surface area contributed by atoms with E-state index in [1.165, 1.54) is 23.8 Å². The fourth-order valence-corrected chi connectivity index (χ4v) is 6.62. The topological polar surface area (TPSA) is 151 Å². The summed E-state index contributed by atoms with van der Waals surface area (Å²) >= 11 is 4.17. The first kappa shape index (κ1) is 23.3. The molecule has 11 nitrogen and oxygen atoms in total. The van der Waals surface area contributed by atoms with Crippen molar-refractivity contribution in [2.75, 3.05) is 18.6 Å². The molecule has 2 amide bonds. The molecule has 0 radical (unpaired) electrons. The van der Waals surface area contributed by atoms with Crippen molar-refractivity contribution in [1.29, 1.82) is 0 Å². The number of fused-ring (bicyclic) bond motifs is 2. The first-order valence-corrected chi connectivity index (χ1v) is 13.1. The van der Waals surface area contributed by atoms with E-state index in [1.807, 2.05) is 34.5 Å². The average molecular weight is 532 g/mol. The number of aromatic nitrogens is 2. The van der Waals surface area contributed by atoms with E-state index in [4.69, 9.17) is 10.6 Å². The van der Waals surface area contributed by atoms with E-state index in [-0.39, 0.29) is 22.2 Å². The van der Waals surface area contributed by atoms with Crippen molar-refractivity contribution in [3.63, 3.8) is 0 Å². The fourth-order valence-electron chi connectivity index (χ4n) is 3.98. The van der Waals surface area contributed by atoms with Crippen molar-refractivity contribution in [1.82, 2.24) is 15.2 Å². The van der Waals surface area contributed by atoms with Gasteiger partial charge in [-0.25, -0.2) is 14.3 Å². The van der Waals surface area contributed by atoms with Crippen LogP contribution in [0.3, 0.4) is 0 Å². The van der Waals surface area contributed by atoms with Crippen LogP contribution in [0.5, 0.6) is 0 Å². The number of amides is 2. The van der Waals surface area contributed by atoms with E-state index < -0.39 is 29.2 Å². The van der Waals surface area contributed by atoms with E-state index in [2.05, 4.69) is 15.5 Å². The van der Waals surface area contributed by atoms with Crippen LogP contribution in [0.2, 0.25) is 0 Å². The zero-order valence-electron chi connectivity index (χ0n) is 18.2. The van der Waals surface area contributed by atoms with Crippen molar-refractivity contribution in [2.24, 2.45) is 5.16 Å². The number of carbonyl (C=O) groups excluding carboxylic acids is 2. The van der Waals surface area contributed by atoms with E-state index in [9.17, 15) is 19.5 Å². The van der Waals surface area contributed by atoms with Crippen LogP contribution in [0.4, 0.5) is 5.13 Å². The van der Waals surface area contributed by atoms with Crippen LogP contribution in [0.15, 0.2) is 51.7 Å². The second-order valence-electron chi connectivity index (χ2n) is 7.67. The van der Waals surface area contributed by atoms with Crippen molar-refractivity contribution in [3.05, 3.63) is 52.3 Å². The summed E-state index contributed by atoms with van der Waals surface area (Å²) in [6, 6.07) is 3.08. The first-order chi connectivity index (χ1) is 16.9. The number of pyridine rings is 1. The molecule has 2 aliphatic rings. The third-order valence-corrected chi connectivity index (χ3v) is 8.43. The number of anilines is 1. The molecule has 0 bridgehead atoms. The number of thioether (sulfide) groups is 1. The molecule has 4 N–H and O–H groups in total. The Bertz CT molecular complexity index is 1410. The number of aliphatic carboxylic acids is 1. The molecule has 1 fully saturated rings. The molecule has 2 atom stereocenters. The van der Waals surface area contributed by atoms with Crippen molar-refractivity contribution in [2.45, 2.75) is 18.0 Å². The quantitative estimate of drug-likeness (QED) is 0.177. The number of β-lactam (4-membered cyclic amide) rings is 1. The van der Waals surface area contributed by atoms with Crippen LogP contribution in [-0.4, -0.2) is 62.8 Å². The molecule has 35 heavy (non-hydrogen) atoms. The molecule has 2 aliphatic heterocycles. The molecule has 0 spiro atoms. The van der Waals surface area contributed by atoms with Gasteiger partial charge in [-0.1, -0.05) is 5.16 Å². The highest BCUT2D eigenvalue weighted by Crippen LogP contribution is 2.40. The minimum absolute atomic E-state index is 0.0415. The minimum Gasteiger partial charge on any atom is -0.477 e. The monoisotopic (exact) mass is 531 g/mol. The number of thiophene rings is 1. The molecule has 5 heterocycles. The van der Waals surface area contributed by atoms with Crippen LogP contribution in [-0.2, 0) is 25.8 Å². The van der Waals surface area contributed by atoms with E-state index in [1.54, 1.807) is 16.7 Å². The lowest BCUT2D eigenvalue weighted by Crippen LogP contribution is -2.71. The van der Waals surface area contributed by atoms with Gasteiger partial charge in [0.15, 0.2) is 29.8 Å². The number of thiazole rings is 1. The summed E-state index contributed by atoms with van der Waals surface area (Å²) in [5.41, 5.74) is 6.33. The Morgan fingerprint density at radius 3 is 2.94 bits per heavy atom. The smallest absolute Gasteiger partial charge is 0.352 e. The van der Waals surface area contributed by atoms with Gasteiger partial charge in [0.25, 0.3) is 11.8 Å². The Labute approximate surface area is 210 Å². The number of nitrogens with zero attached hydrogens (tertiary/aromatic N) is 4. The lowest BCUT2D eigenvalue weighted by atomic mass is 10.0. The van der Waals surface area contributed by atoms with Crippen molar-refractivity contribution >= 4 is 73.1 Å². The van der Waals surface area contributed by atoms with E-state index >= 15 is 0 Å². The van der Waals surface area contributed by atoms with Gasteiger partial charge in [0.2, 0.25) is 0 Å². The zero-order chi connectivity index (χ0) is 24.7. The summed E-state index contributed by atoms with van der Waals surface area (Å²) < 4.78 is 3.05. The first-order valence-electron chi connectivity index (χ1n) is 10.3. The third-order valence-electron chi connectivity index (χ3n) is 5.52. The normalized spacial score (nSPS) is 20.0. The lowest BCUT2D eigenvalue weighted by Gasteiger charge is -2.49. The number of carboxylic acid groups (broad SMARTS) is 1. The Balaban J connectivity index is 1.36. The highest BCUT2D eigenvalue weighted by molar-refractivity contribution is 8.00. The van der Waals surface area contributed by atoms with Crippen LogP contribution < -0.4 is 15.6 Å². The zero-order valence-corrected chi connectivity index (χ0v) is 20.7. The van der Waals surface area contributed by atoms with Gasteiger partial charge in [-0.15, -0.1) is 34.4 Å². The molecule has 3 aromatic heterocycles. The molecule has 3 aromatic rings. The fraction of sp³-hybridized carbons (Fsp3) is 0.238. The maximum Gasteiger partial charge on any atom is 0.352 e. The van der Waals surface area contributed by atoms with Gasteiger partial charge in [-0.3, -0.25) is 14.5 Å². The third kappa shape index (κ3) is 4.24. The van der Waals surface area contributed by atoms with Crippen LogP contribution in [0.25, 0.3) is 10.1 Å².